The highest BCUT2D eigenvalue weighted by molar-refractivity contribution is 6.32. The lowest BCUT2D eigenvalue weighted by atomic mass is 9.97. The second-order valence-corrected chi connectivity index (χ2v) is 6.56. The first-order valence-corrected chi connectivity index (χ1v) is 8.70. The van der Waals surface area contributed by atoms with Gasteiger partial charge in [-0.2, -0.15) is 0 Å². The average Bonchev–Trinajstić information content (AvgIpc) is 2.67. The summed E-state index contributed by atoms with van der Waals surface area (Å²) in [6.07, 6.45) is 0. The van der Waals surface area contributed by atoms with Gasteiger partial charge in [0.2, 0.25) is 0 Å². The second-order valence-electron chi connectivity index (χ2n) is 6.15. The summed E-state index contributed by atoms with van der Waals surface area (Å²) in [4.78, 5) is 23.3. The maximum Gasteiger partial charge on any atom is 0.288 e. The van der Waals surface area contributed by atoms with E-state index in [-0.39, 0.29) is 22.3 Å². The van der Waals surface area contributed by atoms with Crippen molar-refractivity contribution in [2.45, 2.75) is 13.0 Å². The maximum atomic E-state index is 12.8. The number of hydrogen-bond acceptors (Lipinski definition) is 3. The van der Waals surface area contributed by atoms with E-state index in [1.54, 1.807) is 0 Å². The minimum absolute atomic E-state index is 0.00491. The molecule has 0 unspecified atom stereocenters. The molecule has 1 amide bonds. The van der Waals surface area contributed by atoms with Crippen LogP contribution in [0.3, 0.4) is 0 Å². The van der Waals surface area contributed by atoms with Crippen LogP contribution in [0.15, 0.2) is 72.8 Å². The molecule has 3 aromatic carbocycles. The van der Waals surface area contributed by atoms with Crippen LogP contribution in [-0.2, 0) is 0 Å². The monoisotopic (exact) mass is 380 g/mol. The van der Waals surface area contributed by atoms with Crippen LogP contribution >= 0.6 is 11.6 Å². The smallest absolute Gasteiger partial charge is 0.288 e. The zero-order valence-corrected chi connectivity index (χ0v) is 15.3. The van der Waals surface area contributed by atoms with Gasteiger partial charge in [-0.25, -0.2) is 0 Å². The number of carbonyl (C=O) groups excluding carboxylic acids is 1. The highest BCUT2D eigenvalue weighted by Crippen LogP contribution is 2.27. The summed E-state index contributed by atoms with van der Waals surface area (Å²) < 4.78 is 0. The average molecular weight is 381 g/mol. The zero-order valence-electron chi connectivity index (χ0n) is 14.6. The first-order chi connectivity index (χ1) is 13.0. The van der Waals surface area contributed by atoms with Gasteiger partial charge in [0.1, 0.15) is 5.02 Å². The van der Waals surface area contributed by atoms with Gasteiger partial charge in [-0.05, 0) is 30.2 Å². The van der Waals surface area contributed by atoms with Gasteiger partial charge < -0.3 is 5.32 Å². The first kappa shape index (κ1) is 18.6. The molecule has 0 saturated carbocycles. The predicted octanol–water partition coefficient (Wildman–Crippen LogP) is 5.08. The van der Waals surface area contributed by atoms with Gasteiger partial charge in [-0.1, -0.05) is 71.8 Å². The van der Waals surface area contributed by atoms with Crippen molar-refractivity contribution in [3.8, 4) is 0 Å². The molecule has 0 heterocycles. The van der Waals surface area contributed by atoms with Gasteiger partial charge >= 0.3 is 0 Å². The Balaban J connectivity index is 1.95. The highest BCUT2D eigenvalue weighted by Gasteiger charge is 2.20. The molecule has 0 aromatic heterocycles. The van der Waals surface area contributed by atoms with Gasteiger partial charge in [0.25, 0.3) is 11.6 Å². The Morgan fingerprint density at radius 1 is 1.00 bits per heavy atom. The molecular weight excluding hydrogens is 364 g/mol. The minimum Gasteiger partial charge on any atom is -0.341 e. The summed E-state index contributed by atoms with van der Waals surface area (Å²) in [6.45, 7) is 1.99. The number of carbonyl (C=O) groups is 1. The fourth-order valence-corrected chi connectivity index (χ4v) is 2.96. The molecule has 5 nitrogen and oxygen atoms in total. The lowest BCUT2D eigenvalue weighted by molar-refractivity contribution is -0.384. The Kier molecular flexibility index (Phi) is 5.52. The Morgan fingerprint density at radius 3 is 2.26 bits per heavy atom. The largest absolute Gasteiger partial charge is 0.341 e. The van der Waals surface area contributed by atoms with Gasteiger partial charge in [0, 0.05) is 11.6 Å². The molecule has 3 aromatic rings. The topological polar surface area (TPSA) is 72.2 Å². The van der Waals surface area contributed by atoms with Crippen molar-refractivity contribution in [3.05, 3.63) is 110 Å². The number of nitrogens with one attached hydrogen (secondary N) is 1. The van der Waals surface area contributed by atoms with Crippen LogP contribution in [0.4, 0.5) is 5.69 Å². The number of aryl methyl sites for hydroxylation is 1. The van der Waals surface area contributed by atoms with E-state index in [1.807, 2.05) is 61.5 Å². The Hall–Kier alpha value is -3.18. The molecule has 1 N–H and O–H groups in total. The van der Waals surface area contributed by atoms with Crippen molar-refractivity contribution in [3.63, 3.8) is 0 Å². The minimum atomic E-state index is -0.603. The van der Waals surface area contributed by atoms with Crippen molar-refractivity contribution in [1.82, 2.24) is 5.32 Å². The Morgan fingerprint density at radius 2 is 1.63 bits per heavy atom. The number of amides is 1. The van der Waals surface area contributed by atoms with Crippen molar-refractivity contribution >= 4 is 23.2 Å². The third-order valence-corrected chi connectivity index (χ3v) is 4.54. The van der Waals surface area contributed by atoms with Crippen LogP contribution in [0, 0.1) is 17.0 Å². The molecule has 0 bridgehead atoms. The summed E-state index contributed by atoms with van der Waals surface area (Å²) in [6, 6.07) is 21.1. The van der Waals surface area contributed by atoms with Crippen LogP contribution in [0.1, 0.15) is 33.1 Å². The number of nitro benzene ring substituents is 1. The van der Waals surface area contributed by atoms with E-state index in [1.165, 1.54) is 18.2 Å². The molecule has 136 valence electrons. The summed E-state index contributed by atoms with van der Waals surface area (Å²) in [5.74, 6) is -0.413. The molecule has 1 atom stereocenters. The van der Waals surface area contributed by atoms with Crippen LogP contribution in [0.2, 0.25) is 5.02 Å². The zero-order chi connectivity index (χ0) is 19.4. The summed E-state index contributed by atoms with van der Waals surface area (Å²) in [7, 11) is 0. The lowest BCUT2D eigenvalue weighted by Crippen LogP contribution is -2.29. The molecule has 0 fully saturated rings. The highest BCUT2D eigenvalue weighted by atomic mass is 35.5. The van der Waals surface area contributed by atoms with E-state index in [9.17, 15) is 14.9 Å². The third kappa shape index (κ3) is 4.33. The van der Waals surface area contributed by atoms with E-state index in [2.05, 4.69) is 5.32 Å². The summed E-state index contributed by atoms with van der Waals surface area (Å²) in [5, 5.41) is 14.0. The molecular formula is C21H17ClN2O3. The van der Waals surface area contributed by atoms with Crippen molar-refractivity contribution in [1.29, 1.82) is 0 Å². The summed E-state index contributed by atoms with van der Waals surface area (Å²) >= 11 is 5.83. The number of rotatable bonds is 5. The first-order valence-electron chi connectivity index (χ1n) is 8.32. The SMILES string of the molecule is Cc1ccc([C@@H](NC(=O)c2ccc(Cl)c([N+](=O)[O-])c2)c2ccccc2)cc1. The standard InChI is InChI=1S/C21H17ClN2O3/c1-14-7-9-16(10-8-14)20(15-5-3-2-4-6-15)23-21(25)17-11-12-18(22)19(13-17)24(26)27/h2-13,20H,1H3,(H,23,25)/t20-/m0/s1. The molecule has 0 saturated heterocycles. The van der Waals surface area contributed by atoms with Crippen LogP contribution < -0.4 is 5.32 Å². The van der Waals surface area contributed by atoms with Crippen molar-refractivity contribution in [2.75, 3.05) is 0 Å². The van der Waals surface area contributed by atoms with Crippen LogP contribution in [0.5, 0.6) is 0 Å². The van der Waals surface area contributed by atoms with Gasteiger partial charge in [-0.3, -0.25) is 14.9 Å². The third-order valence-electron chi connectivity index (χ3n) is 4.22. The van der Waals surface area contributed by atoms with Gasteiger partial charge in [-0.15, -0.1) is 0 Å². The second kappa shape index (κ2) is 8.01. The Bertz CT molecular complexity index is 972. The molecule has 0 aliphatic rings. The molecule has 0 aliphatic carbocycles. The van der Waals surface area contributed by atoms with E-state index in [0.29, 0.717) is 0 Å². The molecule has 0 spiro atoms. The maximum absolute atomic E-state index is 12.8. The number of nitro groups is 1. The Labute approximate surface area is 161 Å². The molecule has 3 rings (SSSR count). The van der Waals surface area contributed by atoms with Crippen molar-refractivity contribution < 1.29 is 9.72 Å². The van der Waals surface area contributed by atoms with Gasteiger partial charge in [0.05, 0.1) is 11.0 Å². The van der Waals surface area contributed by atoms with E-state index in [0.717, 1.165) is 16.7 Å². The molecule has 27 heavy (non-hydrogen) atoms. The van der Waals surface area contributed by atoms with Gasteiger partial charge in [0.15, 0.2) is 0 Å². The fourth-order valence-electron chi connectivity index (χ4n) is 2.77. The molecule has 0 aliphatic heterocycles. The number of benzene rings is 3. The molecule has 0 radical (unpaired) electrons. The molecule has 6 heteroatoms. The fraction of sp³-hybridized carbons (Fsp3) is 0.0952. The quantitative estimate of drug-likeness (QED) is 0.495. The van der Waals surface area contributed by atoms with Crippen molar-refractivity contribution in [2.24, 2.45) is 0 Å². The van der Waals surface area contributed by atoms with E-state index < -0.39 is 10.8 Å². The number of nitrogens with zero attached hydrogens (tertiary/aromatic N) is 1. The van der Waals surface area contributed by atoms with E-state index >= 15 is 0 Å². The summed E-state index contributed by atoms with van der Waals surface area (Å²) in [5.41, 5.74) is 2.84. The van der Waals surface area contributed by atoms with Crippen LogP contribution in [-0.4, -0.2) is 10.8 Å². The number of halogens is 1. The lowest BCUT2D eigenvalue weighted by Gasteiger charge is -2.20. The number of hydrogen-bond donors (Lipinski definition) is 1. The van der Waals surface area contributed by atoms with Crippen LogP contribution in [0.25, 0.3) is 0 Å². The normalized spacial score (nSPS) is 11.6. The predicted molar refractivity (Wildman–Crippen MR) is 105 cm³/mol. The van der Waals surface area contributed by atoms with E-state index in [4.69, 9.17) is 11.6 Å².